The van der Waals surface area contributed by atoms with Crippen molar-refractivity contribution in [1.29, 1.82) is 0 Å². The van der Waals surface area contributed by atoms with Crippen LogP contribution in [-0.2, 0) is 0 Å². The van der Waals surface area contributed by atoms with Crippen LogP contribution in [0.1, 0.15) is 27.7 Å². The second kappa shape index (κ2) is 4.51. The molecule has 0 saturated carbocycles. The third kappa shape index (κ3) is 2.86. The van der Waals surface area contributed by atoms with Gasteiger partial charge in [0.1, 0.15) is 0 Å². The summed E-state index contributed by atoms with van der Waals surface area (Å²) < 4.78 is 0. The largest absolute Gasteiger partial charge is 0.0955 e. The zero-order valence-corrected chi connectivity index (χ0v) is 9.13. The maximum Gasteiger partial charge on any atom is 0.0283 e. The van der Waals surface area contributed by atoms with E-state index in [2.05, 4.69) is 27.0 Å². The molecule has 0 saturated heterocycles. The van der Waals surface area contributed by atoms with E-state index in [1.54, 1.807) is 0 Å². The van der Waals surface area contributed by atoms with Gasteiger partial charge in [-0.15, -0.1) is 0 Å². The smallest absolute Gasteiger partial charge is 0.0283 e. The summed E-state index contributed by atoms with van der Waals surface area (Å²) in [7, 11) is 0. The topological polar surface area (TPSA) is 0 Å². The van der Waals surface area contributed by atoms with Gasteiger partial charge in [0.15, 0.2) is 0 Å². The van der Waals surface area contributed by atoms with E-state index in [1.807, 2.05) is 13.8 Å². The van der Waals surface area contributed by atoms with E-state index >= 15 is 0 Å². The predicted octanol–water partition coefficient (Wildman–Crippen LogP) is 4.29. The van der Waals surface area contributed by atoms with Crippen molar-refractivity contribution in [3.8, 4) is 0 Å². The summed E-state index contributed by atoms with van der Waals surface area (Å²) in [5, 5.41) is 0.856. The van der Waals surface area contributed by atoms with Crippen molar-refractivity contribution in [3.05, 3.63) is 34.9 Å². The van der Waals surface area contributed by atoms with E-state index in [1.165, 1.54) is 0 Å². The molecule has 12 heavy (non-hydrogen) atoms. The van der Waals surface area contributed by atoms with Gasteiger partial charge in [-0.1, -0.05) is 38.6 Å². The van der Waals surface area contributed by atoms with Crippen LogP contribution in [0.2, 0.25) is 0 Å². The summed E-state index contributed by atoms with van der Waals surface area (Å²) in [4.78, 5) is 0. The van der Waals surface area contributed by atoms with E-state index in [0.29, 0.717) is 5.92 Å². The zero-order valence-electron chi connectivity index (χ0n) is 8.37. The Morgan fingerprint density at radius 2 is 1.42 bits per heavy atom. The van der Waals surface area contributed by atoms with Crippen molar-refractivity contribution >= 4 is 11.6 Å². The van der Waals surface area contributed by atoms with Crippen molar-refractivity contribution in [2.24, 2.45) is 5.92 Å². The lowest BCUT2D eigenvalue weighted by Crippen LogP contribution is -1.95. The van der Waals surface area contributed by atoms with Gasteiger partial charge in [0.05, 0.1) is 0 Å². The molecule has 1 heteroatoms. The van der Waals surface area contributed by atoms with Crippen molar-refractivity contribution in [3.63, 3.8) is 0 Å². The second-order valence-electron chi connectivity index (χ2n) is 3.44. The van der Waals surface area contributed by atoms with Gasteiger partial charge in [0.2, 0.25) is 0 Å². The van der Waals surface area contributed by atoms with E-state index < -0.39 is 0 Å². The van der Waals surface area contributed by atoms with Crippen molar-refractivity contribution < 1.29 is 0 Å². The molecule has 0 fully saturated rings. The minimum atomic E-state index is 0.343. The minimum Gasteiger partial charge on any atom is -0.0955 e. The highest BCUT2D eigenvalue weighted by molar-refractivity contribution is 6.30. The van der Waals surface area contributed by atoms with Crippen LogP contribution < -0.4 is 0 Å². The van der Waals surface area contributed by atoms with Crippen molar-refractivity contribution in [2.75, 3.05) is 0 Å². The summed E-state index contributed by atoms with van der Waals surface area (Å²) >= 11 is 6.13. The molecule has 0 aromatic heterocycles. The zero-order chi connectivity index (χ0) is 9.89. The molecule has 0 heterocycles. The van der Waals surface area contributed by atoms with Crippen LogP contribution in [0, 0.1) is 5.92 Å². The molecule has 68 valence electrons. The van der Waals surface area contributed by atoms with Crippen LogP contribution in [0.3, 0.4) is 0 Å². The van der Waals surface area contributed by atoms with Gasteiger partial charge in [-0.3, -0.25) is 0 Å². The van der Waals surface area contributed by atoms with Crippen LogP contribution in [-0.4, -0.2) is 0 Å². The number of halogens is 1. The van der Waals surface area contributed by atoms with Crippen LogP contribution in [0.5, 0.6) is 0 Å². The minimum absolute atomic E-state index is 0.343. The summed E-state index contributed by atoms with van der Waals surface area (Å²) in [6, 6.07) is 0. The molecule has 0 aliphatic heterocycles. The Morgan fingerprint density at radius 3 is 1.50 bits per heavy atom. The fourth-order valence-electron chi connectivity index (χ4n) is 1.06. The first-order chi connectivity index (χ1) is 5.37. The second-order valence-corrected chi connectivity index (χ2v) is 3.85. The molecule has 0 spiro atoms. The molecular formula is C11H17Cl. The molecule has 0 radical (unpaired) electrons. The van der Waals surface area contributed by atoms with E-state index in [9.17, 15) is 0 Å². The molecule has 0 nitrogen and oxygen atoms in total. The lowest BCUT2D eigenvalue weighted by Gasteiger charge is -2.12. The quantitative estimate of drug-likeness (QED) is 0.575. The van der Waals surface area contributed by atoms with E-state index in [0.717, 1.165) is 21.8 Å². The summed E-state index contributed by atoms with van der Waals surface area (Å²) in [5.74, 6) is 0.343. The molecule has 0 unspecified atom stereocenters. The standard InChI is InChI=1S/C11H17Cl/c1-7(2)10(8(3)4)11(12)9(5)6/h9H,1,3H2,2,4-6H3. The van der Waals surface area contributed by atoms with Gasteiger partial charge in [-0.25, -0.2) is 0 Å². The third-order valence-corrected chi connectivity index (χ3v) is 2.22. The van der Waals surface area contributed by atoms with Crippen molar-refractivity contribution in [1.82, 2.24) is 0 Å². The molecule has 0 aromatic rings. The number of rotatable bonds is 3. The SMILES string of the molecule is C=C(C)C(C(=C)C)=C(Cl)C(C)C. The van der Waals surface area contributed by atoms with Crippen molar-refractivity contribution in [2.45, 2.75) is 27.7 Å². The summed E-state index contributed by atoms with van der Waals surface area (Å²) in [6.07, 6.45) is 0. The Kier molecular flexibility index (Phi) is 4.33. The molecule has 0 bridgehead atoms. The van der Waals surface area contributed by atoms with Gasteiger partial charge in [0.25, 0.3) is 0 Å². The lowest BCUT2D eigenvalue weighted by molar-refractivity contribution is 0.805. The molecular weight excluding hydrogens is 168 g/mol. The third-order valence-electron chi connectivity index (χ3n) is 1.60. The van der Waals surface area contributed by atoms with Gasteiger partial charge in [0, 0.05) is 5.03 Å². The Bertz CT molecular complexity index is 215. The monoisotopic (exact) mass is 184 g/mol. The molecule has 0 amide bonds. The molecule has 0 aromatic carbocycles. The molecule has 0 atom stereocenters. The molecule has 0 rings (SSSR count). The normalized spacial score (nSPS) is 9.83. The average Bonchev–Trinajstić information content (AvgIpc) is 1.85. The summed E-state index contributed by atoms with van der Waals surface area (Å²) in [6.45, 7) is 15.8. The van der Waals surface area contributed by atoms with Crippen LogP contribution in [0.25, 0.3) is 0 Å². The number of allylic oxidation sites excluding steroid dienone is 4. The maximum atomic E-state index is 6.13. The first-order valence-electron chi connectivity index (χ1n) is 4.09. The lowest BCUT2D eigenvalue weighted by atomic mass is 9.98. The van der Waals surface area contributed by atoms with Gasteiger partial charge in [-0.05, 0) is 36.5 Å². The Labute approximate surface area is 80.6 Å². The van der Waals surface area contributed by atoms with Gasteiger partial charge < -0.3 is 0 Å². The molecule has 0 N–H and O–H groups in total. The first-order valence-corrected chi connectivity index (χ1v) is 4.47. The van der Waals surface area contributed by atoms with Crippen LogP contribution in [0.15, 0.2) is 34.9 Å². The van der Waals surface area contributed by atoms with E-state index in [4.69, 9.17) is 11.6 Å². The number of hydrogen-bond donors (Lipinski definition) is 0. The van der Waals surface area contributed by atoms with Gasteiger partial charge in [-0.2, -0.15) is 0 Å². The Balaban J connectivity index is 5.08. The maximum absolute atomic E-state index is 6.13. The first kappa shape index (κ1) is 11.5. The molecule has 0 aliphatic carbocycles. The van der Waals surface area contributed by atoms with Crippen LogP contribution in [0.4, 0.5) is 0 Å². The highest BCUT2D eigenvalue weighted by Crippen LogP contribution is 2.27. The Morgan fingerprint density at radius 1 is 1.08 bits per heavy atom. The van der Waals surface area contributed by atoms with Gasteiger partial charge >= 0.3 is 0 Å². The molecule has 0 aliphatic rings. The fraction of sp³-hybridized carbons (Fsp3) is 0.455. The average molecular weight is 185 g/mol. The highest BCUT2D eigenvalue weighted by Gasteiger charge is 2.09. The highest BCUT2D eigenvalue weighted by atomic mass is 35.5. The number of hydrogen-bond acceptors (Lipinski definition) is 0. The summed E-state index contributed by atoms with van der Waals surface area (Å²) in [5.41, 5.74) is 2.99. The van der Waals surface area contributed by atoms with E-state index in [-0.39, 0.29) is 0 Å². The van der Waals surface area contributed by atoms with Crippen LogP contribution >= 0.6 is 11.6 Å². The Hall–Kier alpha value is -0.490. The predicted molar refractivity (Wildman–Crippen MR) is 57.3 cm³/mol. The fourth-order valence-corrected chi connectivity index (χ4v) is 1.38.